The summed E-state index contributed by atoms with van der Waals surface area (Å²) in [6.07, 6.45) is 0.451. The fourth-order valence-electron chi connectivity index (χ4n) is 1.81. The van der Waals surface area contributed by atoms with Gasteiger partial charge in [-0.3, -0.25) is 4.79 Å². The Labute approximate surface area is 113 Å². The third-order valence-corrected chi connectivity index (χ3v) is 3.07. The summed E-state index contributed by atoms with van der Waals surface area (Å²) in [5, 5.41) is 9.28. The Morgan fingerprint density at radius 3 is 2.53 bits per heavy atom. The Balaban J connectivity index is 2.65. The topological polar surface area (TPSA) is 37.3 Å². The largest absolute Gasteiger partial charge is 0.392 e. The Kier molecular flexibility index (Phi) is 3.93. The second-order valence-electron chi connectivity index (χ2n) is 3.93. The maximum absolute atomic E-state index is 13.9. The summed E-state index contributed by atoms with van der Waals surface area (Å²) >= 11 is 5.84. The lowest BCUT2D eigenvalue weighted by atomic mass is 9.98. The van der Waals surface area contributed by atoms with Crippen molar-refractivity contribution in [3.8, 4) is 11.1 Å². The zero-order chi connectivity index (χ0) is 14.0. The second kappa shape index (κ2) is 5.47. The summed E-state index contributed by atoms with van der Waals surface area (Å²) in [6.45, 7) is -0.431. The van der Waals surface area contributed by atoms with Gasteiger partial charge in [0.05, 0.1) is 11.6 Å². The Hall–Kier alpha value is -1.78. The van der Waals surface area contributed by atoms with Crippen LogP contribution in [0.25, 0.3) is 11.1 Å². The number of carbonyl (C=O) groups is 1. The van der Waals surface area contributed by atoms with Crippen LogP contribution >= 0.6 is 11.6 Å². The maximum atomic E-state index is 13.9. The van der Waals surface area contributed by atoms with E-state index >= 15 is 0 Å². The molecule has 0 heterocycles. The van der Waals surface area contributed by atoms with Gasteiger partial charge in [0.1, 0.15) is 11.6 Å². The SMILES string of the molecule is O=Cc1cc(F)c(-c2ccc(F)cc2CO)cc1Cl. The number of carbonyl (C=O) groups excluding carboxylic acids is 1. The predicted octanol–water partition coefficient (Wildman–Crippen LogP) is 3.59. The first kappa shape index (κ1) is 13.6. The van der Waals surface area contributed by atoms with E-state index in [1.165, 1.54) is 12.1 Å². The fourth-order valence-corrected chi connectivity index (χ4v) is 2.02. The number of halogens is 3. The third kappa shape index (κ3) is 2.64. The van der Waals surface area contributed by atoms with Crippen LogP contribution < -0.4 is 0 Å². The summed E-state index contributed by atoms with van der Waals surface area (Å²) in [6, 6.07) is 5.93. The first-order valence-electron chi connectivity index (χ1n) is 5.40. The van der Waals surface area contributed by atoms with E-state index in [1.54, 1.807) is 0 Å². The van der Waals surface area contributed by atoms with Crippen LogP contribution in [0.3, 0.4) is 0 Å². The molecule has 2 rings (SSSR count). The number of aldehydes is 1. The molecule has 2 aromatic rings. The van der Waals surface area contributed by atoms with Gasteiger partial charge in [-0.2, -0.15) is 0 Å². The molecule has 0 bridgehead atoms. The monoisotopic (exact) mass is 282 g/mol. The molecule has 98 valence electrons. The van der Waals surface area contributed by atoms with Gasteiger partial charge < -0.3 is 5.11 Å². The molecule has 2 nitrogen and oxygen atoms in total. The van der Waals surface area contributed by atoms with Gasteiger partial charge in [-0.15, -0.1) is 0 Å². The molecule has 0 saturated heterocycles. The number of hydrogen-bond donors (Lipinski definition) is 1. The normalized spacial score (nSPS) is 10.5. The molecule has 0 fully saturated rings. The number of aliphatic hydroxyl groups excluding tert-OH is 1. The number of aliphatic hydroxyl groups is 1. The highest BCUT2D eigenvalue weighted by molar-refractivity contribution is 6.33. The van der Waals surface area contributed by atoms with Crippen LogP contribution in [0.4, 0.5) is 8.78 Å². The molecule has 5 heteroatoms. The van der Waals surface area contributed by atoms with Gasteiger partial charge in [-0.1, -0.05) is 17.7 Å². The van der Waals surface area contributed by atoms with Gasteiger partial charge in [0, 0.05) is 11.1 Å². The molecule has 0 spiro atoms. The lowest BCUT2D eigenvalue weighted by Crippen LogP contribution is -1.95. The van der Waals surface area contributed by atoms with E-state index in [-0.39, 0.29) is 21.7 Å². The van der Waals surface area contributed by atoms with Gasteiger partial charge in [-0.05, 0) is 35.4 Å². The van der Waals surface area contributed by atoms with Crippen molar-refractivity contribution in [1.82, 2.24) is 0 Å². The van der Waals surface area contributed by atoms with E-state index < -0.39 is 18.2 Å². The highest BCUT2D eigenvalue weighted by Gasteiger charge is 2.13. The molecular weight excluding hydrogens is 274 g/mol. The average Bonchev–Trinajstić information content (AvgIpc) is 2.41. The average molecular weight is 283 g/mol. The van der Waals surface area contributed by atoms with Crippen molar-refractivity contribution in [2.75, 3.05) is 0 Å². The molecular formula is C14H9ClF2O2. The fraction of sp³-hybridized carbons (Fsp3) is 0.0714. The Morgan fingerprint density at radius 2 is 1.89 bits per heavy atom. The minimum absolute atomic E-state index is 0.0376. The Morgan fingerprint density at radius 1 is 1.16 bits per heavy atom. The van der Waals surface area contributed by atoms with E-state index in [0.717, 1.165) is 18.2 Å². The molecule has 0 aromatic heterocycles. The molecule has 19 heavy (non-hydrogen) atoms. The zero-order valence-corrected chi connectivity index (χ0v) is 10.4. The molecule has 2 aromatic carbocycles. The van der Waals surface area contributed by atoms with E-state index in [2.05, 4.69) is 0 Å². The molecule has 0 amide bonds. The molecule has 0 aliphatic heterocycles. The predicted molar refractivity (Wildman–Crippen MR) is 68.1 cm³/mol. The lowest BCUT2D eigenvalue weighted by Gasteiger charge is -2.10. The van der Waals surface area contributed by atoms with Crippen LogP contribution in [-0.2, 0) is 6.61 Å². The van der Waals surface area contributed by atoms with Crippen LogP contribution in [-0.4, -0.2) is 11.4 Å². The van der Waals surface area contributed by atoms with Crippen molar-refractivity contribution in [1.29, 1.82) is 0 Å². The molecule has 0 radical (unpaired) electrons. The number of hydrogen-bond acceptors (Lipinski definition) is 2. The van der Waals surface area contributed by atoms with Crippen molar-refractivity contribution in [3.63, 3.8) is 0 Å². The smallest absolute Gasteiger partial charge is 0.151 e. The minimum Gasteiger partial charge on any atom is -0.392 e. The molecule has 0 aliphatic rings. The van der Waals surface area contributed by atoms with Crippen molar-refractivity contribution in [3.05, 3.63) is 58.1 Å². The maximum Gasteiger partial charge on any atom is 0.151 e. The summed E-state index contributed by atoms with van der Waals surface area (Å²) in [5.41, 5.74) is 0.727. The number of benzene rings is 2. The van der Waals surface area contributed by atoms with Gasteiger partial charge in [0.25, 0.3) is 0 Å². The highest BCUT2D eigenvalue weighted by Crippen LogP contribution is 2.31. The standard InChI is InChI=1S/C14H9ClF2O2/c15-13-5-12(14(17)4-9(13)7-19)11-2-1-10(16)3-8(11)6-18/h1-5,7,18H,6H2. The summed E-state index contributed by atoms with van der Waals surface area (Å²) < 4.78 is 27.0. The third-order valence-electron chi connectivity index (χ3n) is 2.74. The van der Waals surface area contributed by atoms with Gasteiger partial charge in [0.2, 0.25) is 0 Å². The van der Waals surface area contributed by atoms with E-state index in [9.17, 15) is 18.7 Å². The van der Waals surface area contributed by atoms with E-state index in [1.807, 2.05) is 0 Å². The quantitative estimate of drug-likeness (QED) is 0.874. The van der Waals surface area contributed by atoms with Crippen molar-refractivity contribution in [2.24, 2.45) is 0 Å². The summed E-state index contributed by atoms with van der Waals surface area (Å²) in [7, 11) is 0. The van der Waals surface area contributed by atoms with Crippen LogP contribution in [0, 0.1) is 11.6 Å². The van der Waals surface area contributed by atoms with E-state index in [0.29, 0.717) is 11.8 Å². The van der Waals surface area contributed by atoms with E-state index in [4.69, 9.17) is 11.6 Å². The summed E-state index contributed by atoms with van der Waals surface area (Å²) in [5.74, 6) is -1.18. The second-order valence-corrected chi connectivity index (χ2v) is 4.34. The zero-order valence-electron chi connectivity index (χ0n) is 9.66. The summed E-state index contributed by atoms with van der Waals surface area (Å²) in [4.78, 5) is 10.7. The molecule has 1 N–H and O–H groups in total. The first-order chi connectivity index (χ1) is 9.06. The van der Waals surface area contributed by atoms with Crippen LogP contribution in [0.5, 0.6) is 0 Å². The molecule has 0 saturated carbocycles. The van der Waals surface area contributed by atoms with Crippen molar-refractivity contribution < 1.29 is 18.7 Å². The first-order valence-corrected chi connectivity index (χ1v) is 5.78. The van der Waals surface area contributed by atoms with Crippen LogP contribution in [0.2, 0.25) is 5.02 Å². The van der Waals surface area contributed by atoms with Gasteiger partial charge in [0.15, 0.2) is 6.29 Å². The van der Waals surface area contributed by atoms with Crippen LogP contribution in [0.15, 0.2) is 30.3 Å². The minimum atomic E-state index is -0.659. The molecule has 0 atom stereocenters. The van der Waals surface area contributed by atoms with Crippen LogP contribution in [0.1, 0.15) is 15.9 Å². The lowest BCUT2D eigenvalue weighted by molar-refractivity contribution is 0.112. The van der Waals surface area contributed by atoms with Gasteiger partial charge in [-0.25, -0.2) is 8.78 Å². The van der Waals surface area contributed by atoms with Gasteiger partial charge >= 0.3 is 0 Å². The molecule has 0 aliphatic carbocycles. The Bertz CT molecular complexity index is 642. The number of rotatable bonds is 3. The van der Waals surface area contributed by atoms with Crippen molar-refractivity contribution in [2.45, 2.75) is 6.61 Å². The van der Waals surface area contributed by atoms with Crippen molar-refractivity contribution >= 4 is 17.9 Å². The highest BCUT2D eigenvalue weighted by atomic mass is 35.5. The molecule has 0 unspecified atom stereocenters.